The van der Waals surface area contributed by atoms with Crippen molar-refractivity contribution < 1.29 is 29.6 Å². The van der Waals surface area contributed by atoms with Gasteiger partial charge in [0.05, 0.1) is 17.8 Å². The highest BCUT2D eigenvalue weighted by molar-refractivity contribution is 6.06. The molecule has 4 aliphatic rings. The molecular weight excluding hydrogens is 584 g/mol. The molecule has 4 rings (SSSR count). The van der Waals surface area contributed by atoms with Crippen molar-refractivity contribution in [3.63, 3.8) is 0 Å². The molecule has 0 bridgehead atoms. The van der Waals surface area contributed by atoms with Crippen LogP contribution in [0.5, 0.6) is 0 Å². The number of rotatable bonds is 9. The summed E-state index contributed by atoms with van der Waals surface area (Å²) < 4.78 is 0. The van der Waals surface area contributed by atoms with Crippen LogP contribution in [0.25, 0.3) is 0 Å². The third-order valence-corrected chi connectivity index (χ3v) is 12.1. The molecule has 4 aliphatic heterocycles. The van der Waals surface area contributed by atoms with E-state index in [0.29, 0.717) is 44.9 Å². The first-order chi connectivity index (χ1) is 21.0. The van der Waals surface area contributed by atoms with Crippen molar-refractivity contribution in [3.05, 3.63) is 0 Å². The van der Waals surface area contributed by atoms with Gasteiger partial charge >= 0.3 is 0 Å². The van der Waals surface area contributed by atoms with Gasteiger partial charge in [0.2, 0.25) is 23.6 Å². The maximum absolute atomic E-state index is 14.5. The second-order valence-corrected chi connectivity index (χ2v) is 17.7. The van der Waals surface area contributed by atoms with Crippen LogP contribution in [0.3, 0.4) is 0 Å². The van der Waals surface area contributed by atoms with Crippen LogP contribution < -0.4 is 0 Å². The van der Waals surface area contributed by atoms with Crippen LogP contribution in [0, 0.1) is 35.5 Å². The Balaban J connectivity index is 1.63. The first-order valence-corrected chi connectivity index (χ1v) is 17.7. The molecule has 260 valence electrons. The van der Waals surface area contributed by atoms with Gasteiger partial charge in [0.15, 0.2) is 0 Å². The molecule has 0 aliphatic carbocycles. The molecule has 10 heteroatoms. The summed E-state index contributed by atoms with van der Waals surface area (Å²) in [7, 11) is 0. The zero-order valence-corrected chi connectivity index (χ0v) is 30.5. The summed E-state index contributed by atoms with van der Waals surface area (Å²) >= 11 is 0. The van der Waals surface area contributed by atoms with Gasteiger partial charge in [0.25, 0.3) is 0 Å². The Kier molecular flexibility index (Phi) is 10.1. The number of imide groups is 2. The fraction of sp³-hybridized carbons (Fsp3) is 0.889. The van der Waals surface area contributed by atoms with E-state index in [9.17, 15) is 29.6 Å². The molecule has 10 nitrogen and oxygen atoms in total. The number of nitrogens with zero attached hydrogens (tertiary/aromatic N) is 4. The molecule has 0 aromatic heterocycles. The van der Waals surface area contributed by atoms with Crippen molar-refractivity contribution >= 4 is 23.6 Å². The van der Waals surface area contributed by atoms with Crippen LogP contribution in [0.2, 0.25) is 0 Å². The quantitative estimate of drug-likeness (QED) is 0.293. The van der Waals surface area contributed by atoms with Crippen LogP contribution in [-0.4, -0.2) is 77.8 Å². The molecule has 0 N–H and O–H groups in total. The largest absolute Gasteiger partial charge is 0.279 e. The van der Waals surface area contributed by atoms with E-state index < -0.39 is 45.8 Å². The van der Waals surface area contributed by atoms with Crippen molar-refractivity contribution in [2.75, 3.05) is 0 Å². The normalized spacial score (nSPS) is 33.7. The summed E-state index contributed by atoms with van der Waals surface area (Å²) in [6.07, 6.45) is 4.06. The minimum absolute atomic E-state index is 0.151. The van der Waals surface area contributed by atoms with Crippen molar-refractivity contribution in [1.82, 2.24) is 19.9 Å². The Morgan fingerprint density at radius 3 is 1.39 bits per heavy atom. The summed E-state index contributed by atoms with van der Waals surface area (Å²) in [6.45, 7) is 23.0. The van der Waals surface area contributed by atoms with Gasteiger partial charge in [-0.2, -0.15) is 0 Å². The molecule has 0 aromatic carbocycles. The van der Waals surface area contributed by atoms with Crippen LogP contribution in [-0.2, 0) is 29.6 Å². The second-order valence-electron chi connectivity index (χ2n) is 17.7. The summed E-state index contributed by atoms with van der Waals surface area (Å²) in [5.74, 6) is -2.98. The predicted octanol–water partition coefficient (Wildman–Crippen LogP) is 5.80. The van der Waals surface area contributed by atoms with Gasteiger partial charge in [-0.05, 0) is 106 Å². The molecule has 4 heterocycles. The topological polar surface area (TPSA) is 121 Å². The number of hydroxylamine groups is 4. The monoisotopic (exact) mass is 644 g/mol. The average Bonchev–Trinajstić information content (AvgIpc) is 3.30. The molecule has 4 fully saturated rings. The number of amides is 4. The van der Waals surface area contributed by atoms with Crippen LogP contribution >= 0.6 is 0 Å². The highest BCUT2D eigenvalue weighted by Crippen LogP contribution is 2.48. The van der Waals surface area contributed by atoms with Gasteiger partial charge in [0, 0.05) is 40.2 Å². The molecular formula is C36H60N4O6. The summed E-state index contributed by atoms with van der Waals surface area (Å²) in [6, 6.07) is -0.746. The SMILES string of the molecule is CCC(C)CC1C(=O)N(C2CC(C)(C)N([O])C(C)(C)C2)C(=O)C1C(CC)CC1C(=O)N(C2CC(C)(C)N([O])C(C)(C)C2)C(=O)C1C. The molecule has 6 unspecified atom stereocenters. The Labute approximate surface area is 277 Å². The van der Waals surface area contributed by atoms with Gasteiger partial charge in [-0.3, -0.25) is 29.0 Å². The Morgan fingerprint density at radius 2 is 1.00 bits per heavy atom. The third-order valence-electron chi connectivity index (χ3n) is 12.1. The van der Waals surface area contributed by atoms with Gasteiger partial charge < -0.3 is 0 Å². The first-order valence-electron chi connectivity index (χ1n) is 17.7. The minimum atomic E-state index is -0.734. The number of hydrogen-bond acceptors (Lipinski definition) is 6. The van der Waals surface area contributed by atoms with Crippen molar-refractivity contribution in [2.24, 2.45) is 35.5 Å². The molecule has 2 radical (unpaired) electrons. The van der Waals surface area contributed by atoms with Crippen LogP contribution in [0.1, 0.15) is 134 Å². The maximum Gasteiger partial charge on any atom is 0.233 e. The highest BCUT2D eigenvalue weighted by Gasteiger charge is 2.59. The molecule has 0 saturated carbocycles. The summed E-state index contributed by atoms with van der Waals surface area (Å²) in [5.41, 5.74) is -2.92. The van der Waals surface area contributed by atoms with E-state index in [2.05, 4.69) is 13.8 Å². The van der Waals surface area contributed by atoms with Crippen molar-refractivity contribution in [1.29, 1.82) is 0 Å². The van der Waals surface area contributed by atoms with Crippen LogP contribution in [0.4, 0.5) is 0 Å². The number of likely N-dealkylation sites (tertiary alicyclic amines) is 2. The Hall–Kier alpha value is -1.88. The van der Waals surface area contributed by atoms with E-state index in [-0.39, 0.29) is 47.5 Å². The van der Waals surface area contributed by atoms with E-state index in [1.807, 2.05) is 69.2 Å². The number of piperidine rings is 2. The molecule has 4 amide bonds. The maximum atomic E-state index is 14.5. The highest BCUT2D eigenvalue weighted by atomic mass is 16.5. The van der Waals surface area contributed by atoms with Gasteiger partial charge in [0.1, 0.15) is 0 Å². The molecule has 0 spiro atoms. The molecule has 46 heavy (non-hydrogen) atoms. The van der Waals surface area contributed by atoms with Crippen LogP contribution in [0.15, 0.2) is 0 Å². The third kappa shape index (κ3) is 6.32. The Morgan fingerprint density at radius 1 is 0.609 bits per heavy atom. The first kappa shape index (κ1) is 36.9. The standard InChI is InChI=1S/C36H60N4O6/c1-13-21(3)15-27-28(32(44)38(31(27)43)25-19-35(9,10)40(46)36(11,12)20-25)23(14-2)16-26-22(4)29(41)37(30(26)42)24-17-33(5,6)39(45)34(7,8)18-24/h21-28H,13-20H2,1-12H3. The van der Waals surface area contributed by atoms with E-state index >= 15 is 0 Å². The average molecular weight is 645 g/mol. The Bertz CT molecular complexity index is 1180. The van der Waals surface area contributed by atoms with Gasteiger partial charge in [-0.25, -0.2) is 0 Å². The molecule has 6 atom stereocenters. The number of hydrogen-bond donors (Lipinski definition) is 0. The zero-order valence-electron chi connectivity index (χ0n) is 30.5. The molecule has 0 aromatic rings. The van der Waals surface area contributed by atoms with E-state index in [1.165, 1.54) is 9.80 Å². The predicted molar refractivity (Wildman–Crippen MR) is 173 cm³/mol. The lowest BCUT2D eigenvalue weighted by Gasteiger charge is -2.51. The number of carbonyl (C=O) groups excluding carboxylic acids is 4. The fourth-order valence-corrected chi connectivity index (χ4v) is 9.75. The lowest BCUT2D eigenvalue weighted by atomic mass is 9.73. The smallest absolute Gasteiger partial charge is 0.233 e. The lowest BCUT2D eigenvalue weighted by molar-refractivity contribution is -0.293. The fourth-order valence-electron chi connectivity index (χ4n) is 9.75. The zero-order chi connectivity index (χ0) is 34.9. The van der Waals surface area contributed by atoms with Gasteiger partial charge in [-0.15, -0.1) is 20.5 Å². The molecule has 4 saturated heterocycles. The second kappa shape index (κ2) is 12.5. The summed E-state index contributed by atoms with van der Waals surface area (Å²) in [5, 5.41) is 28.3. The van der Waals surface area contributed by atoms with Crippen molar-refractivity contribution in [3.8, 4) is 0 Å². The van der Waals surface area contributed by atoms with E-state index in [0.717, 1.165) is 16.5 Å². The van der Waals surface area contributed by atoms with E-state index in [4.69, 9.17) is 0 Å². The van der Waals surface area contributed by atoms with E-state index in [1.54, 1.807) is 0 Å². The summed E-state index contributed by atoms with van der Waals surface area (Å²) in [4.78, 5) is 59.6. The van der Waals surface area contributed by atoms with Crippen molar-refractivity contribution in [2.45, 2.75) is 169 Å². The minimum Gasteiger partial charge on any atom is -0.279 e. The number of carbonyl (C=O) groups is 4. The lowest BCUT2D eigenvalue weighted by Crippen LogP contribution is -2.63. The van der Waals surface area contributed by atoms with Gasteiger partial charge in [-0.1, -0.05) is 40.5 Å².